The third kappa shape index (κ3) is 10.1. The molecule has 0 bridgehead atoms. The minimum Gasteiger partial charge on any atom is -0.493 e. The van der Waals surface area contributed by atoms with Crippen LogP contribution in [0.2, 0.25) is 0 Å². The second-order valence-corrected chi connectivity index (χ2v) is 7.83. The van der Waals surface area contributed by atoms with Crippen LogP contribution in [0.1, 0.15) is 18.1 Å². The molecule has 184 valence electrons. The maximum absolute atomic E-state index is 5.85. The molecule has 0 fully saturated rings. The van der Waals surface area contributed by atoms with Crippen LogP contribution in [0.3, 0.4) is 0 Å². The number of hydrogen-bond donors (Lipinski definition) is 1. The Morgan fingerprint density at radius 2 is 1.70 bits per heavy atom. The van der Waals surface area contributed by atoms with Gasteiger partial charge in [0.15, 0.2) is 17.5 Å². The number of aliphatic imine (C=N–C) groups is 1. The van der Waals surface area contributed by atoms with E-state index in [4.69, 9.17) is 19.2 Å². The molecule has 0 saturated carbocycles. The summed E-state index contributed by atoms with van der Waals surface area (Å²) in [6.45, 7) is 5.87. The van der Waals surface area contributed by atoms with Gasteiger partial charge in [0, 0.05) is 26.7 Å². The monoisotopic (exact) mass is 570 g/mol. The quantitative estimate of drug-likeness (QED) is 0.238. The first-order valence-electron chi connectivity index (χ1n) is 11.0. The van der Waals surface area contributed by atoms with Crippen molar-refractivity contribution < 1.29 is 14.2 Å². The standard InChI is InChI=1S/C25H38N4O3.HI/c1-7-26-25(27-19-21-9-8-10-22(17-21)32-16-15-28(2)3)29(4)14-13-20-11-12-23(30-5)24(18-20)31-6;/h8-12,17-18H,7,13-16,19H2,1-6H3,(H,26,27);1H. The van der Waals surface area contributed by atoms with E-state index >= 15 is 0 Å². The predicted molar refractivity (Wildman–Crippen MR) is 147 cm³/mol. The lowest BCUT2D eigenvalue weighted by Crippen LogP contribution is -2.39. The molecule has 0 atom stereocenters. The second kappa shape index (κ2) is 15.6. The van der Waals surface area contributed by atoms with E-state index in [0.29, 0.717) is 13.2 Å². The van der Waals surface area contributed by atoms with Crippen molar-refractivity contribution in [3.8, 4) is 17.2 Å². The molecular formula is C25H39IN4O3. The van der Waals surface area contributed by atoms with Gasteiger partial charge in [-0.3, -0.25) is 0 Å². The van der Waals surface area contributed by atoms with Crippen LogP contribution in [0.15, 0.2) is 47.5 Å². The zero-order chi connectivity index (χ0) is 23.3. The number of nitrogens with one attached hydrogen (secondary N) is 1. The molecule has 2 aromatic carbocycles. The van der Waals surface area contributed by atoms with Gasteiger partial charge in [-0.1, -0.05) is 18.2 Å². The first-order chi connectivity index (χ1) is 15.5. The topological polar surface area (TPSA) is 58.6 Å². The van der Waals surface area contributed by atoms with Crippen molar-refractivity contribution >= 4 is 29.9 Å². The minimum atomic E-state index is 0. The molecule has 0 aliphatic heterocycles. The van der Waals surface area contributed by atoms with Crippen molar-refractivity contribution in [3.05, 3.63) is 53.6 Å². The number of guanidine groups is 1. The second-order valence-electron chi connectivity index (χ2n) is 7.83. The normalized spacial score (nSPS) is 11.1. The summed E-state index contributed by atoms with van der Waals surface area (Å²) in [4.78, 5) is 9.09. The molecule has 2 aromatic rings. The Balaban J connectivity index is 0.00000544. The molecule has 0 aliphatic carbocycles. The van der Waals surface area contributed by atoms with Crippen LogP contribution < -0.4 is 19.5 Å². The molecule has 1 N–H and O–H groups in total. The van der Waals surface area contributed by atoms with E-state index in [1.807, 2.05) is 38.4 Å². The maximum Gasteiger partial charge on any atom is 0.193 e. The number of hydrogen-bond acceptors (Lipinski definition) is 5. The van der Waals surface area contributed by atoms with Crippen molar-refractivity contribution in [3.63, 3.8) is 0 Å². The van der Waals surface area contributed by atoms with Crippen LogP contribution in [0.4, 0.5) is 0 Å². The molecule has 7 nitrogen and oxygen atoms in total. The smallest absolute Gasteiger partial charge is 0.193 e. The molecule has 33 heavy (non-hydrogen) atoms. The highest BCUT2D eigenvalue weighted by Gasteiger charge is 2.09. The average molecular weight is 571 g/mol. The van der Waals surface area contributed by atoms with Crippen LogP contribution in [-0.2, 0) is 13.0 Å². The van der Waals surface area contributed by atoms with Crippen molar-refractivity contribution in [1.82, 2.24) is 15.1 Å². The Hall–Kier alpha value is -2.20. The van der Waals surface area contributed by atoms with E-state index in [-0.39, 0.29) is 24.0 Å². The Labute approximate surface area is 216 Å². The van der Waals surface area contributed by atoms with Crippen LogP contribution in [0, 0.1) is 0 Å². The zero-order valence-electron chi connectivity index (χ0n) is 20.8. The third-order valence-electron chi connectivity index (χ3n) is 5.00. The van der Waals surface area contributed by atoms with Gasteiger partial charge in [0.2, 0.25) is 0 Å². The van der Waals surface area contributed by atoms with Gasteiger partial charge in [-0.25, -0.2) is 4.99 Å². The highest BCUT2D eigenvalue weighted by atomic mass is 127. The summed E-state index contributed by atoms with van der Waals surface area (Å²) in [5.74, 6) is 3.26. The number of methoxy groups -OCH3 is 2. The Morgan fingerprint density at radius 3 is 2.36 bits per heavy atom. The molecule has 8 heteroatoms. The molecule has 0 radical (unpaired) electrons. The minimum absolute atomic E-state index is 0. The maximum atomic E-state index is 5.85. The highest BCUT2D eigenvalue weighted by molar-refractivity contribution is 14.0. The van der Waals surface area contributed by atoms with Crippen LogP contribution in [0.5, 0.6) is 17.2 Å². The Kier molecular flexibility index (Phi) is 13.6. The summed E-state index contributed by atoms with van der Waals surface area (Å²) >= 11 is 0. The first-order valence-corrected chi connectivity index (χ1v) is 11.0. The van der Waals surface area contributed by atoms with Gasteiger partial charge in [-0.2, -0.15) is 0 Å². The van der Waals surface area contributed by atoms with Crippen LogP contribution in [0.25, 0.3) is 0 Å². The van der Waals surface area contributed by atoms with Crippen molar-refractivity contribution in [2.75, 3.05) is 61.6 Å². The molecule has 0 unspecified atom stereocenters. The lowest BCUT2D eigenvalue weighted by atomic mass is 10.1. The molecule has 0 aromatic heterocycles. The number of likely N-dealkylation sites (N-methyl/N-ethyl adjacent to an activating group) is 2. The summed E-state index contributed by atoms with van der Waals surface area (Å²) in [6.07, 6.45) is 0.871. The van der Waals surface area contributed by atoms with Gasteiger partial charge in [0.25, 0.3) is 0 Å². The third-order valence-corrected chi connectivity index (χ3v) is 5.00. The van der Waals surface area contributed by atoms with Gasteiger partial charge >= 0.3 is 0 Å². The van der Waals surface area contributed by atoms with Gasteiger partial charge in [-0.15, -0.1) is 24.0 Å². The van der Waals surface area contributed by atoms with E-state index < -0.39 is 0 Å². The van der Waals surface area contributed by atoms with E-state index in [0.717, 1.165) is 54.8 Å². The van der Waals surface area contributed by atoms with E-state index in [1.165, 1.54) is 5.56 Å². The summed E-state index contributed by atoms with van der Waals surface area (Å²) in [6, 6.07) is 14.2. The highest BCUT2D eigenvalue weighted by Crippen LogP contribution is 2.27. The lowest BCUT2D eigenvalue weighted by molar-refractivity contribution is 0.261. The van der Waals surface area contributed by atoms with E-state index in [9.17, 15) is 0 Å². The van der Waals surface area contributed by atoms with Gasteiger partial charge < -0.3 is 29.3 Å². The van der Waals surface area contributed by atoms with E-state index in [2.05, 4.69) is 47.3 Å². The number of rotatable bonds is 12. The molecule has 0 heterocycles. The fraction of sp³-hybridized carbons (Fsp3) is 0.480. The largest absolute Gasteiger partial charge is 0.493 e. The average Bonchev–Trinajstić information content (AvgIpc) is 2.80. The van der Waals surface area contributed by atoms with Crippen LogP contribution in [-0.4, -0.2) is 77.4 Å². The van der Waals surface area contributed by atoms with Gasteiger partial charge in [0.1, 0.15) is 12.4 Å². The Morgan fingerprint density at radius 1 is 0.939 bits per heavy atom. The predicted octanol–water partition coefficient (Wildman–Crippen LogP) is 3.90. The fourth-order valence-electron chi connectivity index (χ4n) is 3.15. The summed E-state index contributed by atoms with van der Waals surface area (Å²) in [7, 11) is 9.45. The zero-order valence-corrected chi connectivity index (χ0v) is 23.1. The molecule has 0 aliphatic rings. The fourth-order valence-corrected chi connectivity index (χ4v) is 3.15. The SMILES string of the molecule is CCNC(=NCc1cccc(OCCN(C)C)c1)N(C)CCc1ccc(OC)c(OC)c1.I. The van der Waals surface area contributed by atoms with Crippen molar-refractivity contribution in [1.29, 1.82) is 0 Å². The molecule has 0 saturated heterocycles. The molecule has 0 spiro atoms. The van der Waals surface area contributed by atoms with Crippen molar-refractivity contribution in [2.45, 2.75) is 19.9 Å². The Bertz CT molecular complexity index is 861. The number of nitrogens with zero attached hydrogens (tertiary/aromatic N) is 3. The lowest BCUT2D eigenvalue weighted by Gasteiger charge is -2.22. The first kappa shape index (κ1) is 28.8. The summed E-state index contributed by atoms with van der Waals surface area (Å²) in [5.41, 5.74) is 2.31. The van der Waals surface area contributed by atoms with Gasteiger partial charge in [-0.05, 0) is 62.8 Å². The van der Waals surface area contributed by atoms with E-state index in [1.54, 1.807) is 14.2 Å². The number of halogens is 1. The summed E-state index contributed by atoms with van der Waals surface area (Å²) in [5, 5.41) is 3.39. The van der Waals surface area contributed by atoms with Gasteiger partial charge in [0.05, 0.1) is 20.8 Å². The number of ether oxygens (including phenoxy) is 3. The molecule has 2 rings (SSSR count). The molecule has 0 amide bonds. The van der Waals surface area contributed by atoms with Crippen molar-refractivity contribution in [2.24, 2.45) is 4.99 Å². The van der Waals surface area contributed by atoms with Crippen LogP contribution >= 0.6 is 24.0 Å². The molecular weight excluding hydrogens is 531 g/mol. The summed E-state index contributed by atoms with van der Waals surface area (Å²) < 4.78 is 16.6. The number of benzene rings is 2.